The smallest absolute Gasteiger partial charge is 0.119 e. The third kappa shape index (κ3) is 2.89. The first-order valence-corrected chi connectivity index (χ1v) is 6.53. The van der Waals surface area contributed by atoms with Gasteiger partial charge in [0.25, 0.3) is 0 Å². The van der Waals surface area contributed by atoms with Crippen molar-refractivity contribution < 1.29 is 4.74 Å². The SMILES string of the molecule is CCCOc1ccc(C2NCCS2)cc1. The van der Waals surface area contributed by atoms with Gasteiger partial charge in [-0.3, -0.25) is 0 Å². The first-order valence-electron chi connectivity index (χ1n) is 5.48. The second-order valence-electron chi connectivity index (χ2n) is 3.62. The van der Waals surface area contributed by atoms with Gasteiger partial charge < -0.3 is 10.1 Å². The maximum absolute atomic E-state index is 5.55. The molecule has 0 spiro atoms. The zero-order valence-electron chi connectivity index (χ0n) is 9.03. The molecule has 1 saturated heterocycles. The zero-order chi connectivity index (χ0) is 10.5. The lowest BCUT2D eigenvalue weighted by molar-refractivity contribution is 0.317. The highest BCUT2D eigenvalue weighted by Gasteiger charge is 2.16. The average Bonchev–Trinajstić information content (AvgIpc) is 2.80. The van der Waals surface area contributed by atoms with Crippen LogP contribution in [0, 0.1) is 0 Å². The molecule has 1 aromatic rings. The number of nitrogens with one attached hydrogen (secondary N) is 1. The highest BCUT2D eigenvalue weighted by Crippen LogP contribution is 2.30. The molecule has 1 atom stereocenters. The van der Waals surface area contributed by atoms with Crippen molar-refractivity contribution in [2.75, 3.05) is 18.9 Å². The van der Waals surface area contributed by atoms with Crippen molar-refractivity contribution in [1.82, 2.24) is 5.32 Å². The summed E-state index contributed by atoms with van der Waals surface area (Å²) in [5.74, 6) is 2.18. The molecule has 3 heteroatoms. The molecule has 0 aromatic heterocycles. The molecule has 1 aliphatic heterocycles. The Balaban J connectivity index is 1.96. The Bertz CT molecular complexity index is 293. The van der Waals surface area contributed by atoms with Crippen LogP contribution < -0.4 is 10.1 Å². The first-order chi connectivity index (χ1) is 7.40. The minimum absolute atomic E-state index is 0.477. The van der Waals surface area contributed by atoms with Crippen LogP contribution in [0.25, 0.3) is 0 Å². The molecule has 0 aliphatic carbocycles. The van der Waals surface area contributed by atoms with Crippen LogP contribution in [0.3, 0.4) is 0 Å². The predicted molar refractivity (Wildman–Crippen MR) is 65.4 cm³/mol. The lowest BCUT2D eigenvalue weighted by atomic mass is 10.2. The Labute approximate surface area is 95.4 Å². The maximum Gasteiger partial charge on any atom is 0.119 e. The van der Waals surface area contributed by atoms with Gasteiger partial charge in [0, 0.05) is 12.3 Å². The molecule has 2 nitrogen and oxygen atoms in total. The number of benzene rings is 1. The van der Waals surface area contributed by atoms with E-state index in [1.807, 2.05) is 11.8 Å². The minimum Gasteiger partial charge on any atom is -0.494 e. The average molecular weight is 223 g/mol. The Morgan fingerprint density at radius 2 is 2.20 bits per heavy atom. The van der Waals surface area contributed by atoms with E-state index in [9.17, 15) is 0 Å². The van der Waals surface area contributed by atoms with E-state index >= 15 is 0 Å². The Morgan fingerprint density at radius 3 is 2.80 bits per heavy atom. The summed E-state index contributed by atoms with van der Waals surface area (Å²) in [6.45, 7) is 4.03. The summed E-state index contributed by atoms with van der Waals surface area (Å²) in [4.78, 5) is 0. The van der Waals surface area contributed by atoms with Gasteiger partial charge >= 0.3 is 0 Å². The van der Waals surface area contributed by atoms with Crippen molar-refractivity contribution in [2.24, 2.45) is 0 Å². The summed E-state index contributed by atoms with van der Waals surface area (Å²) in [6, 6.07) is 8.43. The fourth-order valence-electron chi connectivity index (χ4n) is 1.60. The number of ether oxygens (including phenoxy) is 1. The van der Waals surface area contributed by atoms with Gasteiger partial charge in [0.15, 0.2) is 0 Å². The monoisotopic (exact) mass is 223 g/mol. The molecule has 2 rings (SSSR count). The molecule has 1 unspecified atom stereocenters. The summed E-state index contributed by atoms with van der Waals surface area (Å²) < 4.78 is 5.55. The van der Waals surface area contributed by atoms with Crippen LogP contribution in [0.5, 0.6) is 5.75 Å². The van der Waals surface area contributed by atoms with Crippen LogP contribution in [0.2, 0.25) is 0 Å². The second kappa shape index (κ2) is 5.42. The maximum atomic E-state index is 5.55. The fraction of sp³-hybridized carbons (Fsp3) is 0.500. The second-order valence-corrected chi connectivity index (χ2v) is 4.84. The van der Waals surface area contributed by atoms with Crippen molar-refractivity contribution in [3.63, 3.8) is 0 Å². The van der Waals surface area contributed by atoms with Crippen LogP contribution >= 0.6 is 11.8 Å². The van der Waals surface area contributed by atoms with E-state index in [1.54, 1.807) is 0 Å². The molecule has 0 amide bonds. The van der Waals surface area contributed by atoms with Crippen LogP contribution in [0.1, 0.15) is 24.3 Å². The summed E-state index contributed by atoms with van der Waals surface area (Å²) in [6.07, 6.45) is 1.06. The molecule has 0 bridgehead atoms. The molecular formula is C12H17NOS. The highest BCUT2D eigenvalue weighted by atomic mass is 32.2. The fourth-order valence-corrected chi connectivity index (χ4v) is 2.66. The molecule has 1 fully saturated rings. The van der Waals surface area contributed by atoms with Crippen molar-refractivity contribution in [1.29, 1.82) is 0 Å². The quantitative estimate of drug-likeness (QED) is 0.848. The third-order valence-electron chi connectivity index (χ3n) is 2.37. The molecule has 15 heavy (non-hydrogen) atoms. The van der Waals surface area contributed by atoms with Gasteiger partial charge in [-0.1, -0.05) is 19.1 Å². The summed E-state index contributed by atoms with van der Waals surface area (Å²) in [5, 5.41) is 3.93. The van der Waals surface area contributed by atoms with E-state index in [2.05, 4.69) is 36.5 Å². The van der Waals surface area contributed by atoms with E-state index in [1.165, 1.54) is 11.3 Å². The molecule has 1 aliphatic rings. The number of hydrogen-bond donors (Lipinski definition) is 1. The molecule has 1 heterocycles. The molecule has 1 N–H and O–H groups in total. The van der Waals surface area contributed by atoms with Crippen molar-refractivity contribution in [3.05, 3.63) is 29.8 Å². The van der Waals surface area contributed by atoms with E-state index in [4.69, 9.17) is 4.74 Å². The summed E-state index contributed by atoms with van der Waals surface area (Å²) >= 11 is 1.97. The molecular weight excluding hydrogens is 206 g/mol. The standard InChI is InChI=1S/C12H17NOS/c1-2-8-14-11-5-3-10(4-6-11)12-13-7-9-15-12/h3-6,12-13H,2,7-9H2,1H3. The van der Waals surface area contributed by atoms with Gasteiger partial charge in [-0.15, -0.1) is 11.8 Å². The highest BCUT2D eigenvalue weighted by molar-refractivity contribution is 7.99. The van der Waals surface area contributed by atoms with Gasteiger partial charge in [0.2, 0.25) is 0 Å². The summed E-state index contributed by atoms with van der Waals surface area (Å²) in [7, 11) is 0. The van der Waals surface area contributed by atoms with Gasteiger partial charge in [-0.05, 0) is 24.1 Å². The Hall–Kier alpha value is -0.670. The van der Waals surface area contributed by atoms with Gasteiger partial charge in [-0.2, -0.15) is 0 Å². The number of thioether (sulfide) groups is 1. The lowest BCUT2D eigenvalue weighted by Gasteiger charge is -2.10. The number of rotatable bonds is 4. The van der Waals surface area contributed by atoms with Crippen molar-refractivity contribution >= 4 is 11.8 Å². The lowest BCUT2D eigenvalue weighted by Crippen LogP contribution is -2.11. The van der Waals surface area contributed by atoms with Crippen LogP contribution in [0.15, 0.2) is 24.3 Å². The van der Waals surface area contributed by atoms with Gasteiger partial charge in [-0.25, -0.2) is 0 Å². The topological polar surface area (TPSA) is 21.3 Å². The molecule has 1 aromatic carbocycles. The van der Waals surface area contributed by atoms with Crippen LogP contribution in [-0.2, 0) is 0 Å². The van der Waals surface area contributed by atoms with Crippen molar-refractivity contribution in [2.45, 2.75) is 18.7 Å². The summed E-state index contributed by atoms with van der Waals surface area (Å²) in [5.41, 5.74) is 1.35. The molecule has 0 saturated carbocycles. The largest absolute Gasteiger partial charge is 0.494 e. The van der Waals surface area contributed by atoms with E-state index < -0.39 is 0 Å². The van der Waals surface area contributed by atoms with Crippen LogP contribution in [0.4, 0.5) is 0 Å². The van der Waals surface area contributed by atoms with E-state index in [0.717, 1.165) is 25.3 Å². The first kappa shape index (κ1) is 10.8. The predicted octanol–water partition coefficient (Wildman–Crippen LogP) is 2.81. The molecule has 0 radical (unpaired) electrons. The molecule has 82 valence electrons. The third-order valence-corrected chi connectivity index (χ3v) is 3.58. The van der Waals surface area contributed by atoms with Gasteiger partial charge in [0.05, 0.1) is 12.0 Å². The van der Waals surface area contributed by atoms with Crippen LogP contribution in [-0.4, -0.2) is 18.9 Å². The zero-order valence-corrected chi connectivity index (χ0v) is 9.85. The Kier molecular flexibility index (Phi) is 3.92. The number of hydrogen-bond acceptors (Lipinski definition) is 3. The Morgan fingerprint density at radius 1 is 1.40 bits per heavy atom. The minimum atomic E-state index is 0.477. The van der Waals surface area contributed by atoms with Gasteiger partial charge in [0.1, 0.15) is 5.75 Å². The van der Waals surface area contributed by atoms with E-state index in [0.29, 0.717) is 5.37 Å². The van der Waals surface area contributed by atoms with Crippen molar-refractivity contribution in [3.8, 4) is 5.75 Å². The normalized spacial score (nSPS) is 20.5. The van der Waals surface area contributed by atoms with E-state index in [-0.39, 0.29) is 0 Å².